The van der Waals surface area contributed by atoms with Gasteiger partial charge in [-0.2, -0.15) is 0 Å². The predicted molar refractivity (Wildman–Crippen MR) is 92.3 cm³/mol. The van der Waals surface area contributed by atoms with Gasteiger partial charge in [-0.05, 0) is 44.2 Å². The van der Waals surface area contributed by atoms with Crippen molar-refractivity contribution in [1.82, 2.24) is 10.6 Å². The molecule has 1 fully saturated rings. The lowest BCUT2D eigenvalue weighted by atomic mass is 9.93. The first kappa shape index (κ1) is 17.5. The summed E-state index contributed by atoms with van der Waals surface area (Å²) in [5.74, 6) is -0.366. The fraction of sp³-hybridized carbons (Fsp3) is 0.579. The summed E-state index contributed by atoms with van der Waals surface area (Å²) in [4.78, 5) is 25.1. The van der Waals surface area contributed by atoms with Gasteiger partial charge >= 0.3 is 0 Å². The van der Waals surface area contributed by atoms with Crippen LogP contribution in [0.5, 0.6) is 0 Å². The summed E-state index contributed by atoms with van der Waals surface area (Å²) in [6.07, 6.45) is 4.41. The molecule has 23 heavy (non-hydrogen) atoms. The first-order valence-corrected chi connectivity index (χ1v) is 8.71. The zero-order valence-electron chi connectivity index (χ0n) is 14.4. The van der Waals surface area contributed by atoms with Gasteiger partial charge in [-0.25, -0.2) is 0 Å². The van der Waals surface area contributed by atoms with Gasteiger partial charge in [0.15, 0.2) is 0 Å². The molecule has 0 bridgehead atoms. The Morgan fingerprint density at radius 3 is 2.26 bits per heavy atom. The van der Waals surface area contributed by atoms with Crippen molar-refractivity contribution in [3.05, 3.63) is 35.4 Å². The van der Waals surface area contributed by atoms with E-state index < -0.39 is 5.54 Å². The van der Waals surface area contributed by atoms with Gasteiger partial charge in [0.1, 0.15) is 5.54 Å². The summed E-state index contributed by atoms with van der Waals surface area (Å²) in [6, 6.07) is 8.15. The summed E-state index contributed by atoms with van der Waals surface area (Å²) in [6.45, 7) is 6.50. The third-order valence-corrected chi connectivity index (χ3v) is 4.87. The van der Waals surface area contributed by atoms with Crippen molar-refractivity contribution in [2.75, 3.05) is 6.54 Å². The van der Waals surface area contributed by atoms with Crippen LogP contribution in [0.4, 0.5) is 0 Å². The molecule has 1 aromatic carbocycles. The molecule has 1 aromatic rings. The average Bonchev–Trinajstić information content (AvgIpc) is 3.04. The first-order valence-electron chi connectivity index (χ1n) is 8.71. The van der Waals surface area contributed by atoms with E-state index in [4.69, 9.17) is 0 Å². The quantitative estimate of drug-likeness (QED) is 0.848. The van der Waals surface area contributed by atoms with Crippen LogP contribution in [-0.2, 0) is 16.0 Å². The molecule has 1 saturated carbocycles. The highest BCUT2D eigenvalue weighted by molar-refractivity contribution is 5.93. The van der Waals surface area contributed by atoms with Crippen LogP contribution in [0.2, 0.25) is 0 Å². The number of amides is 2. The largest absolute Gasteiger partial charge is 0.354 e. The van der Waals surface area contributed by atoms with E-state index in [-0.39, 0.29) is 17.7 Å². The van der Waals surface area contributed by atoms with Crippen LogP contribution in [0, 0.1) is 0 Å². The predicted octanol–water partition coefficient (Wildman–Crippen LogP) is 2.92. The zero-order chi connectivity index (χ0) is 16.9. The Bertz CT molecular complexity index is 545. The van der Waals surface area contributed by atoms with Crippen LogP contribution in [0.1, 0.15) is 63.5 Å². The number of nitrogens with one attached hydrogen (secondary N) is 2. The van der Waals surface area contributed by atoms with Gasteiger partial charge < -0.3 is 10.6 Å². The maximum absolute atomic E-state index is 12.7. The number of aryl methyl sites for hydroxylation is 1. The van der Waals surface area contributed by atoms with Gasteiger partial charge in [0.05, 0.1) is 5.92 Å². The molecule has 4 nitrogen and oxygen atoms in total. The molecule has 0 radical (unpaired) electrons. The van der Waals surface area contributed by atoms with Crippen LogP contribution in [-0.4, -0.2) is 23.9 Å². The van der Waals surface area contributed by atoms with Gasteiger partial charge in [0.2, 0.25) is 11.8 Å². The van der Waals surface area contributed by atoms with Crippen molar-refractivity contribution in [2.45, 2.75) is 64.3 Å². The molecule has 1 unspecified atom stereocenters. The number of hydrogen-bond acceptors (Lipinski definition) is 2. The number of hydrogen-bond donors (Lipinski definition) is 2. The van der Waals surface area contributed by atoms with Gasteiger partial charge in [-0.1, -0.05) is 44.0 Å². The first-order chi connectivity index (χ1) is 11.0. The fourth-order valence-corrected chi connectivity index (χ4v) is 3.25. The van der Waals surface area contributed by atoms with E-state index in [0.29, 0.717) is 6.54 Å². The molecule has 1 aliphatic rings. The Morgan fingerprint density at radius 1 is 1.13 bits per heavy atom. The topological polar surface area (TPSA) is 58.2 Å². The number of rotatable bonds is 6. The molecule has 1 atom stereocenters. The lowest BCUT2D eigenvalue weighted by Gasteiger charge is -2.30. The van der Waals surface area contributed by atoms with Crippen molar-refractivity contribution in [3.8, 4) is 0 Å². The van der Waals surface area contributed by atoms with Gasteiger partial charge in [-0.3, -0.25) is 9.59 Å². The van der Waals surface area contributed by atoms with Crippen molar-refractivity contribution >= 4 is 11.8 Å². The molecule has 0 spiro atoms. The third kappa shape index (κ3) is 3.92. The number of carbonyl (C=O) groups is 2. The van der Waals surface area contributed by atoms with Crippen molar-refractivity contribution in [1.29, 1.82) is 0 Å². The highest BCUT2D eigenvalue weighted by Crippen LogP contribution is 2.31. The van der Waals surface area contributed by atoms with E-state index in [9.17, 15) is 9.59 Å². The Balaban J connectivity index is 2.10. The number of likely N-dealkylation sites (N-methyl/N-ethyl adjacent to an activating group) is 1. The Hall–Kier alpha value is -1.84. The van der Waals surface area contributed by atoms with E-state index in [0.717, 1.165) is 37.7 Å². The van der Waals surface area contributed by atoms with E-state index in [1.807, 2.05) is 26.0 Å². The SMILES string of the molecule is CCNC(=O)C1(NC(=O)C(C)c2ccc(CC)cc2)CCCC1. The fourth-order valence-electron chi connectivity index (χ4n) is 3.25. The van der Waals surface area contributed by atoms with Crippen LogP contribution in [0.15, 0.2) is 24.3 Å². The molecule has 4 heteroatoms. The van der Waals surface area contributed by atoms with E-state index in [1.165, 1.54) is 5.56 Å². The minimum Gasteiger partial charge on any atom is -0.354 e. The minimum atomic E-state index is -0.718. The van der Waals surface area contributed by atoms with E-state index in [1.54, 1.807) is 0 Å². The molecule has 0 saturated heterocycles. The highest BCUT2D eigenvalue weighted by atomic mass is 16.2. The maximum atomic E-state index is 12.7. The second kappa shape index (κ2) is 7.62. The smallest absolute Gasteiger partial charge is 0.245 e. The molecule has 126 valence electrons. The van der Waals surface area contributed by atoms with Gasteiger partial charge in [0.25, 0.3) is 0 Å². The molecule has 0 aromatic heterocycles. The summed E-state index contributed by atoms with van der Waals surface area (Å²) in [5, 5.41) is 5.93. The van der Waals surface area contributed by atoms with Crippen LogP contribution < -0.4 is 10.6 Å². The van der Waals surface area contributed by atoms with Crippen LogP contribution in [0.25, 0.3) is 0 Å². The second-order valence-electron chi connectivity index (χ2n) is 6.45. The molecule has 2 N–H and O–H groups in total. The maximum Gasteiger partial charge on any atom is 0.245 e. The van der Waals surface area contributed by atoms with Crippen molar-refractivity contribution < 1.29 is 9.59 Å². The van der Waals surface area contributed by atoms with E-state index in [2.05, 4.69) is 29.7 Å². The Morgan fingerprint density at radius 2 is 1.74 bits per heavy atom. The number of benzene rings is 1. The molecule has 2 rings (SSSR count). The summed E-state index contributed by atoms with van der Waals surface area (Å²) >= 11 is 0. The van der Waals surface area contributed by atoms with Crippen LogP contribution >= 0.6 is 0 Å². The molecule has 2 amide bonds. The Labute approximate surface area is 139 Å². The third-order valence-electron chi connectivity index (χ3n) is 4.87. The monoisotopic (exact) mass is 316 g/mol. The standard InChI is InChI=1S/C19H28N2O2/c1-4-15-8-10-16(11-9-15)14(3)17(22)21-19(12-6-7-13-19)18(23)20-5-2/h8-11,14H,4-7,12-13H2,1-3H3,(H,20,23)(H,21,22). The lowest BCUT2D eigenvalue weighted by molar-refractivity contribution is -0.133. The molecular formula is C19H28N2O2. The minimum absolute atomic E-state index is 0.0422. The molecule has 1 aliphatic carbocycles. The van der Waals surface area contributed by atoms with Crippen molar-refractivity contribution in [3.63, 3.8) is 0 Å². The summed E-state index contributed by atoms with van der Waals surface area (Å²) in [7, 11) is 0. The molecule has 0 aliphatic heterocycles. The second-order valence-corrected chi connectivity index (χ2v) is 6.45. The normalized spacial score (nSPS) is 17.5. The van der Waals surface area contributed by atoms with Crippen LogP contribution in [0.3, 0.4) is 0 Å². The lowest BCUT2D eigenvalue weighted by Crippen LogP contribution is -2.57. The molecule has 0 heterocycles. The van der Waals surface area contributed by atoms with Gasteiger partial charge in [0, 0.05) is 6.54 Å². The summed E-state index contributed by atoms with van der Waals surface area (Å²) < 4.78 is 0. The highest BCUT2D eigenvalue weighted by Gasteiger charge is 2.42. The molecular weight excluding hydrogens is 288 g/mol. The number of carbonyl (C=O) groups excluding carboxylic acids is 2. The zero-order valence-corrected chi connectivity index (χ0v) is 14.4. The summed E-state index contributed by atoms with van der Waals surface area (Å²) in [5.41, 5.74) is 1.53. The Kier molecular flexibility index (Phi) is 5.80. The van der Waals surface area contributed by atoms with Gasteiger partial charge in [-0.15, -0.1) is 0 Å². The van der Waals surface area contributed by atoms with E-state index >= 15 is 0 Å². The van der Waals surface area contributed by atoms with Crippen molar-refractivity contribution in [2.24, 2.45) is 0 Å². The average molecular weight is 316 g/mol.